The van der Waals surface area contributed by atoms with E-state index in [0.29, 0.717) is 29.8 Å². The van der Waals surface area contributed by atoms with Crippen LogP contribution in [-0.2, 0) is 6.54 Å². The van der Waals surface area contributed by atoms with E-state index in [1.54, 1.807) is 7.11 Å². The molecule has 0 amide bonds. The van der Waals surface area contributed by atoms with Gasteiger partial charge in [0.1, 0.15) is 23.8 Å². The van der Waals surface area contributed by atoms with Crippen molar-refractivity contribution in [3.63, 3.8) is 0 Å². The van der Waals surface area contributed by atoms with Crippen LogP contribution < -0.4 is 15.1 Å². The minimum Gasteiger partial charge on any atom is -0.497 e. The van der Waals surface area contributed by atoms with Crippen LogP contribution in [0.3, 0.4) is 0 Å². The Morgan fingerprint density at radius 1 is 1.03 bits per heavy atom. The van der Waals surface area contributed by atoms with Gasteiger partial charge in [-0.05, 0) is 80.6 Å². The lowest BCUT2D eigenvalue weighted by Gasteiger charge is -2.46. The second-order valence-corrected chi connectivity index (χ2v) is 9.92. The first kappa shape index (κ1) is 21.7. The number of benzene rings is 2. The van der Waals surface area contributed by atoms with Crippen molar-refractivity contribution in [2.45, 2.75) is 44.7 Å². The van der Waals surface area contributed by atoms with Crippen LogP contribution in [0, 0.1) is 5.92 Å². The van der Waals surface area contributed by atoms with Crippen LogP contribution in [0.25, 0.3) is 22.1 Å². The van der Waals surface area contributed by atoms with Crippen LogP contribution in [0.5, 0.6) is 11.5 Å². The quantitative estimate of drug-likeness (QED) is 0.517. The van der Waals surface area contributed by atoms with Gasteiger partial charge in [0, 0.05) is 24.5 Å². The van der Waals surface area contributed by atoms with Gasteiger partial charge >= 0.3 is 5.63 Å². The summed E-state index contributed by atoms with van der Waals surface area (Å²) in [5.41, 5.74) is 2.68. The molecule has 0 saturated carbocycles. The Balaban J connectivity index is 1.27. The average Bonchev–Trinajstić information content (AvgIpc) is 2.89. The third-order valence-electron chi connectivity index (χ3n) is 7.87. The Morgan fingerprint density at radius 3 is 2.74 bits per heavy atom. The zero-order valence-electron chi connectivity index (χ0n) is 19.8. The Hall–Kier alpha value is -2.83. The molecule has 0 N–H and O–H groups in total. The number of piperidine rings is 2. The number of hydrogen-bond acceptors (Lipinski definition) is 6. The summed E-state index contributed by atoms with van der Waals surface area (Å²) in [5.74, 6) is 2.27. The largest absolute Gasteiger partial charge is 0.497 e. The highest BCUT2D eigenvalue weighted by atomic mass is 16.5. The summed E-state index contributed by atoms with van der Waals surface area (Å²) in [4.78, 5) is 18.1. The molecule has 2 fully saturated rings. The van der Waals surface area contributed by atoms with Gasteiger partial charge in [-0.25, -0.2) is 4.79 Å². The molecule has 3 aromatic rings. The van der Waals surface area contributed by atoms with Crippen LogP contribution in [0.4, 0.5) is 0 Å². The molecule has 2 saturated heterocycles. The molecule has 6 nitrogen and oxygen atoms in total. The van der Waals surface area contributed by atoms with Gasteiger partial charge < -0.3 is 18.8 Å². The molecule has 2 aromatic carbocycles. The zero-order chi connectivity index (χ0) is 23.1. The third-order valence-corrected chi connectivity index (χ3v) is 7.87. The predicted octanol–water partition coefficient (Wildman–Crippen LogP) is 4.89. The van der Waals surface area contributed by atoms with E-state index in [9.17, 15) is 4.79 Å². The molecule has 3 aliphatic rings. The van der Waals surface area contributed by atoms with Crippen LogP contribution in [0.15, 0.2) is 51.7 Å². The van der Waals surface area contributed by atoms with Crippen molar-refractivity contribution in [2.24, 2.45) is 5.92 Å². The van der Waals surface area contributed by atoms with Crippen molar-refractivity contribution in [3.05, 3.63) is 58.4 Å². The summed E-state index contributed by atoms with van der Waals surface area (Å²) in [6.45, 7) is 4.89. The molecule has 0 unspecified atom stereocenters. The second-order valence-electron chi connectivity index (χ2n) is 9.92. The van der Waals surface area contributed by atoms with E-state index in [1.807, 2.05) is 42.5 Å². The molecular weight excluding hydrogens is 428 g/mol. The summed E-state index contributed by atoms with van der Waals surface area (Å²) in [6.07, 6.45) is 6.59. The molecule has 1 aromatic heterocycles. The van der Waals surface area contributed by atoms with Gasteiger partial charge in [0.2, 0.25) is 0 Å². The number of hydrogen-bond donors (Lipinski definition) is 0. The number of methoxy groups -OCH3 is 1. The molecule has 2 atom stereocenters. The number of rotatable bonds is 4. The smallest absolute Gasteiger partial charge is 0.344 e. The lowest BCUT2D eigenvalue weighted by molar-refractivity contribution is 0.0146. The van der Waals surface area contributed by atoms with E-state index in [-0.39, 0.29) is 5.63 Å². The van der Waals surface area contributed by atoms with Crippen LogP contribution in [0.2, 0.25) is 0 Å². The molecule has 4 heterocycles. The molecule has 0 radical (unpaired) electrons. The van der Waals surface area contributed by atoms with E-state index in [2.05, 4.69) is 9.80 Å². The van der Waals surface area contributed by atoms with Crippen LogP contribution >= 0.6 is 0 Å². The molecule has 0 bridgehead atoms. The van der Waals surface area contributed by atoms with Gasteiger partial charge in [-0.2, -0.15) is 0 Å². The minimum absolute atomic E-state index is 0.326. The van der Waals surface area contributed by atoms with Gasteiger partial charge in [0.05, 0.1) is 18.2 Å². The van der Waals surface area contributed by atoms with Gasteiger partial charge in [-0.15, -0.1) is 0 Å². The average molecular weight is 461 g/mol. The molecule has 0 aliphatic carbocycles. The maximum absolute atomic E-state index is 13.0. The van der Waals surface area contributed by atoms with E-state index in [1.165, 1.54) is 45.2 Å². The van der Waals surface area contributed by atoms with Crippen LogP contribution in [-0.4, -0.2) is 49.3 Å². The van der Waals surface area contributed by atoms with E-state index >= 15 is 0 Å². The Kier molecular flexibility index (Phi) is 5.79. The molecular formula is C28H32N2O4. The Morgan fingerprint density at radius 2 is 1.88 bits per heavy atom. The lowest BCUT2D eigenvalue weighted by Crippen LogP contribution is -2.51. The van der Waals surface area contributed by atoms with Gasteiger partial charge in [0.15, 0.2) is 0 Å². The summed E-state index contributed by atoms with van der Waals surface area (Å²) in [5, 5.41) is 0.922. The molecule has 3 aliphatic heterocycles. The third kappa shape index (κ3) is 3.99. The van der Waals surface area contributed by atoms with Gasteiger partial charge in [0.25, 0.3) is 0 Å². The van der Waals surface area contributed by atoms with E-state index < -0.39 is 0 Å². The first-order valence-corrected chi connectivity index (χ1v) is 12.5. The van der Waals surface area contributed by atoms with Crippen molar-refractivity contribution in [1.29, 1.82) is 0 Å². The number of nitrogens with zero attached hydrogens (tertiary/aromatic N) is 2. The molecule has 0 spiro atoms. The fraction of sp³-hybridized carbons (Fsp3) is 0.464. The van der Waals surface area contributed by atoms with Gasteiger partial charge in [-0.3, -0.25) is 4.90 Å². The standard InChI is InChI=1S/C28H32N2O4/c1-32-22-10-7-19(8-11-22)23-15-20-9-12-26-24(27(20)34-28(23)31)17-29(18-33-26)16-21-5-4-14-30-13-3-2-6-25(21)30/h7-12,15,21,25H,2-6,13-14,16-18H2,1H3/t21-,25+/m1/s1. The van der Waals surface area contributed by atoms with E-state index in [0.717, 1.165) is 41.1 Å². The predicted molar refractivity (Wildman–Crippen MR) is 132 cm³/mol. The van der Waals surface area contributed by atoms with Crippen molar-refractivity contribution in [2.75, 3.05) is 33.5 Å². The SMILES string of the molecule is COc1ccc(-c2cc3ccc4c(c3oc2=O)CN(C[C@H]2CCCN3CCCC[C@@H]23)CO4)cc1. The summed E-state index contributed by atoms with van der Waals surface area (Å²) < 4.78 is 17.3. The topological polar surface area (TPSA) is 55.2 Å². The minimum atomic E-state index is -0.326. The Bertz CT molecular complexity index is 1230. The summed E-state index contributed by atoms with van der Waals surface area (Å²) >= 11 is 0. The normalized spacial score (nSPS) is 23.2. The lowest BCUT2D eigenvalue weighted by atomic mass is 9.83. The molecule has 34 heavy (non-hydrogen) atoms. The Labute approximate surface area is 200 Å². The second kappa shape index (κ2) is 9.08. The van der Waals surface area contributed by atoms with Crippen molar-refractivity contribution in [3.8, 4) is 22.6 Å². The van der Waals surface area contributed by atoms with Crippen molar-refractivity contribution in [1.82, 2.24) is 9.80 Å². The highest BCUT2D eigenvalue weighted by Crippen LogP contribution is 2.36. The summed E-state index contributed by atoms with van der Waals surface area (Å²) in [6, 6.07) is 14.1. The fourth-order valence-corrected chi connectivity index (χ4v) is 6.15. The highest BCUT2D eigenvalue weighted by Gasteiger charge is 2.35. The van der Waals surface area contributed by atoms with Gasteiger partial charge in [-0.1, -0.05) is 18.6 Å². The highest BCUT2D eigenvalue weighted by molar-refractivity contribution is 5.86. The fourth-order valence-electron chi connectivity index (χ4n) is 6.15. The first-order chi connectivity index (χ1) is 16.7. The maximum Gasteiger partial charge on any atom is 0.344 e. The van der Waals surface area contributed by atoms with Crippen molar-refractivity contribution >= 4 is 11.0 Å². The number of ether oxygens (including phenoxy) is 2. The molecule has 6 heteroatoms. The van der Waals surface area contributed by atoms with E-state index in [4.69, 9.17) is 13.9 Å². The maximum atomic E-state index is 13.0. The zero-order valence-corrected chi connectivity index (χ0v) is 19.8. The first-order valence-electron chi connectivity index (χ1n) is 12.5. The summed E-state index contributed by atoms with van der Waals surface area (Å²) in [7, 11) is 1.63. The molecule has 6 rings (SSSR count). The van der Waals surface area contributed by atoms with Crippen molar-refractivity contribution < 1.29 is 13.9 Å². The van der Waals surface area contributed by atoms with Crippen LogP contribution in [0.1, 0.15) is 37.7 Å². The monoisotopic (exact) mass is 460 g/mol. The molecule has 178 valence electrons. The number of fused-ring (bicyclic) bond motifs is 4.